The Hall–Kier alpha value is -7.96. The molecule has 0 aliphatic heterocycles. The first-order valence-corrected chi connectivity index (χ1v) is 19.4. The number of hydrogen-bond donors (Lipinski definition) is 0. The zero-order valence-corrected chi connectivity index (χ0v) is 31.0. The third kappa shape index (κ3) is 5.05. The van der Waals surface area contributed by atoms with Crippen LogP contribution in [0.3, 0.4) is 0 Å². The van der Waals surface area contributed by atoms with Gasteiger partial charge in [0, 0.05) is 60.3 Å². The normalized spacial score (nSPS) is 11.8. The van der Waals surface area contributed by atoms with Crippen LogP contribution in [0.2, 0.25) is 0 Å². The molecule has 0 saturated carbocycles. The van der Waals surface area contributed by atoms with Crippen molar-refractivity contribution in [2.75, 3.05) is 0 Å². The monoisotopic (exact) mass is 741 g/mol. The molecular formula is C52H31N5O. The fraction of sp³-hybridized carbons (Fsp3) is 0. The average molecular weight is 742 g/mol. The first kappa shape index (κ1) is 32.3. The highest BCUT2D eigenvalue weighted by Gasteiger charge is 2.20. The molecule has 0 spiro atoms. The van der Waals surface area contributed by atoms with E-state index >= 15 is 0 Å². The van der Waals surface area contributed by atoms with Crippen molar-refractivity contribution in [2.45, 2.75) is 0 Å². The molecule has 4 heterocycles. The second-order valence-corrected chi connectivity index (χ2v) is 14.6. The van der Waals surface area contributed by atoms with Gasteiger partial charge in [0.1, 0.15) is 11.3 Å². The number of rotatable bonds is 5. The lowest BCUT2D eigenvalue weighted by Crippen LogP contribution is -2.01. The first-order valence-electron chi connectivity index (χ1n) is 19.4. The third-order valence-electron chi connectivity index (χ3n) is 11.2. The summed E-state index contributed by atoms with van der Waals surface area (Å²) in [5.41, 5.74) is 10.3. The van der Waals surface area contributed by atoms with Crippen LogP contribution in [0.15, 0.2) is 192 Å². The van der Waals surface area contributed by atoms with E-state index < -0.39 is 0 Å². The number of fused-ring (bicyclic) bond motifs is 10. The summed E-state index contributed by atoms with van der Waals surface area (Å²) in [6.45, 7) is 0. The predicted octanol–water partition coefficient (Wildman–Crippen LogP) is 13.2. The molecule has 6 nitrogen and oxygen atoms in total. The summed E-state index contributed by atoms with van der Waals surface area (Å²) in [4.78, 5) is 20.6. The summed E-state index contributed by atoms with van der Waals surface area (Å²) in [5.74, 6) is 1.77. The molecule has 0 aliphatic rings. The van der Waals surface area contributed by atoms with Gasteiger partial charge in [-0.25, -0.2) is 19.9 Å². The number of benzene rings is 8. The van der Waals surface area contributed by atoms with Crippen LogP contribution in [0.4, 0.5) is 0 Å². The molecule has 58 heavy (non-hydrogen) atoms. The molecule has 6 heteroatoms. The summed E-state index contributed by atoms with van der Waals surface area (Å²) in [7, 11) is 0. The molecule has 0 fully saturated rings. The number of furan rings is 1. The largest absolute Gasteiger partial charge is 0.454 e. The van der Waals surface area contributed by atoms with Gasteiger partial charge in [0.15, 0.2) is 23.1 Å². The van der Waals surface area contributed by atoms with Crippen molar-refractivity contribution in [1.29, 1.82) is 0 Å². The second-order valence-electron chi connectivity index (χ2n) is 14.6. The van der Waals surface area contributed by atoms with Crippen molar-refractivity contribution in [3.8, 4) is 51.1 Å². The highest BCUT2D eigenvalue weighted by Crippen LogP contribution is 2.42. The van der Waals surface area contributed by atoms with E-state index in [0.717, 1.165) is 77.2 Å². The molecule has 0 N–H and O–H groups in total. The van der Waals surface area contributed by atoms with Gasteiger partial charge in [0.05, 0.1) is 16.6 Å². The average Bonchev–Trinajstić information content (AvgIpc) is 3.86. The van der Waals surface area contributed by atoms with Crippen LogP contribution in [0, 0.1) is 0 Å². The van der Waals surface area contributed by atoms with Crippen LogP contribution in [0.5, 0.6) is 0 Å². The Kier molecular flexibility index (Phi) is 7.13. The van der Waals surface area contributed by atoms with Crippen LogP contribution in [-0.4, -0.2) is 24.5 Å². The molecule has 4 aromatic heterocycles. The van der Waals surface area contributed by atoms with Gasteiger partial charge in [-0.3, -0.25) is 0 Å². The smallest absolute Gasteiger partial charge is 0.164 e. The Labute approximate surface area is 332 Å². The summed E-state index contributed by atoms with van der Waals surface area (Å²) in [6, 6.07) is 65.0. The molecule has 12 aromatic rings. The highest BCUT2D eigenvalue weighted by atomic mass is 16.3. The maximum atomic E-state index is 6.64. The van der Waals surface area contributed by atoms with E-state index in [-0.39, 0.29) is 0 Å². The maximum Gasteiger partial charge on any atom is 0.164 e. The standard InChI is InChI=1S/C52H31N5O/c1-2-14-33(15-3-1)50-54-51(34-25-28-37(29-26-34)57-43-22-9-6-19-39(43)40-20-7-10-23-44(40)57)56-52(55-50)36-17-12-16-35(31-36)47-49-46(41-21-8-11-24-45(41)58-49)42-30-27-32-13-4-5-18-38(32)48(42)53-47/h1-31H. The molecule has 0 saturated heterocycles. The Morgan fingerprint density at radius 2 is 0.948 bits per heavy atom. The van der Waals surface area contributed by atoms with Crippen molar-refractivity contribution in [1.82, 2.24) is 24.5 Å². The van der Waals surface area contributed by atoms with Crippen molar-refractivity contribution < 1.29 is 4.42 Å². The number of para-hydroxylation sites is 3. The van der Waals surface area contributed by atoms with Gasteiger partial charge >= 0.3 is 0 Å². The summed E-state index contributed by atoms with van der Waals surface area (Å²) in [5, 5.41) is 7.89. The van der Waals surface area contributed by atoms with Gasteiger partial charge in [-0.1, -0.05) is 140 Å². The summed E-state index contributed by atoms with van der Waals surface area (Å²) < 4.78 is 8.95. The summed E-state index contributed by atoms with van der Waals surface area (Å²) >= 11 is 0. The van der Waals surface area contributed by atoms with E-state index in [0.29, 0.717) is 17.5 Å². The maximum absolute atomic E-state index is 6.64. The van der Waals surface area contributed by atoms with Crippen molar-refractivity contribution in [2.24, 2.45) is 0 Å². The van der Waals surface area contributed by atoms with Gasteiger partial charge in [-0.15, -0.1) is 0 Å². The number of aromatic nitrogens is 5. The predicted molar refractivity (Wildman–Crippen MR) is 236 cm³/mol. The fourth-order valence-corrected chi connectivity index (χ4v) is 8.53. The van der Waals surface area contributed by atoms with Crippen molar-refractivity contribution in [3.05, 3.63) is 188 Å². The van der Waals surface area contributed by atoms with Crippen molar-refractivity contribution >= 4 is 65.4 Å². The minimum Gasteiger partial charge on any atom is -0.454 e. The topological polar surface area (TPSA) is 69.6 Å². The molecule has 0 aliphatic carbocycles. The zero-order valence-electron chi connectivity index (χ0n) is 31.0. The lowest BCUT2D eigenvalue weighted by atomic mass is 9.99. The fourth-order valence-electron chi connectivity index (χ4n) is 8.53. The highest BCUT2D eigenvalue weighted by molar-refractivity contribution is 6.24. The molecule has 0 bridgehead atoms. The zero-order chi connectivity index (χ0) is 38.2. The minimum atomic E-state index is 0.573. The van der Waals surface area contributed by atoms with Crippen LogP contribution in [0.1, 0.15) is 0 Å². The van der Waals surface area contributed by atoms with Crippen LogP contribution >= 0.6 is 0 Å². The summed E-state index contributed by atoms with van der Waals surface area (Å²) in [6.07, 6.45) is 0. The van der Waals surface area contributed by atoms with Gasteiger partial charge in [-0.2, -0.15) is 0 Å². The SMILES string of the molecule is c1ccc(-c2nc(-c3ccc(-n4c5ccccc5c5ccccc54)cc3)nc(-c3cccc(-c4nc5c6ccccc6ccc5c5c4oc4ccccc45)c3)n2)cc1. The van der Waals surface area contributed by atoms with Crippen molar-refractivity contribution in [3.63, 3.8) is 0 Å². The molecule has 12 rings (SSSR count). The molecule has 0 amide bonds. The lowest BCUT2D eigenvalue weighted by Gasteiger charge is -2.12. The van der Waals surface area contributed by atoms with E-state index in [4.69, 9.17) is 24.4 Å². The molecule has 0 atom stereocenters. The van der Waals surface area contributed by atoms with Crippen LogP contribution in [0.25, 0.3) is 117 Å². The van der Waals surface area contributed by atoms with Gasteiger partial charge < -0.3 is 8.98 Å². The Bertz CT molecular complexity index is 3510. The van der Waals surface area contributed by atoms with Gasteiger partial charge in [0.25, 0.3) is 0 Å². The van der Waals surface area contributed by atoms with Crippen LogP contribution < -0.4 is 0 Å². The lowest BCUT2D eigenvalue weighted by molar-refractivity contribution is 0.669. The van der Waals surface area contributed by atoms with E-state index in [1.807, 2.05) is 48.5 Å². The third-order valence-corrected chi connectivity index (χ3v) is 11.2. The number of pyridine rings is 1. The van der Waals surface area contributed by atoms with Gasteiger partial charge in [-0.05, 0) is 53.9 Å². The Morgan fingerprint density at radius 1 is 0.379 bits per heavy atom. The van der Waals surface area contributed by atoms with Crippen LogP contribution in [-0.2, 0) is 0 Å². The van der Waals surface area contributed by atoms with Gasteiger partial charge in [0.2, 0.25) is 0 Å². The second kappa shape index (κ2) is 12.8. The first-order chi connectivity index (χ1) is 28.7. The van der Waals surface area contributed by atoms with E-state index in [9.17, 15) is 0 Å². The van der Waals surface area contributed by atoms with E-state index in [1.165, 1.54) is 21.8 Å². The quantitative estimate of drug-likeness (QED) is 0.164. The minimum absolute atomic E-state index is 0.573. The van der Waals surface area contributed by atoms with E-state index in [1.54, 1.807) is 0 Å². The Morgan fingerprint density at radius 3 is 1.69 bits per heavy atom. The molecule has 270 valence electrons. The Balaban J connectivity index is 1.02. The number of hydrogen-bond acceptors (Lipinski definition) is 5. The van der Waals surface area contributed by atoms with E-state index in [2.05, 4.69) is 144 Å². The molecular weight excluding hydrogens is 711 g/mol. The molecule has 8 aromatic carbocycles. The number of nitrogens with zero attached hydrogens (tertiary/aromatic N) is 5. The molecule has 0 radical (unpaired) electrons. The molecule has 0 unspecified atom stereocenters.